The van der Waals surface area contributed by atoms with E-state index in [1.165, 1.54) is 0 Å². The quantitative estimate of drug-likeness (QED) is 0.693. The third-order valence-electron chi connectivity index (χ3n) is 3.69. The van der Waals surface area contributed by atoms with Crippen LogP contribution in [0.15, 0.2) is 48.7 Å². The van der Waals surface area contributed by atoms with Gasteiger partial charge in [-0.25, -0.2) is 4.98 Å². The first-order valence-electron chi connectivity index (χ1n) is 7.95. The highest BCUT2D eigenvalue weighted by Gasteiger charge is 2.13. The van der Waals surface area contributed by atoms with Gasteiger partial charge in [-0.15, -0.1) is 11.8 Å². The normalized spacial score (nSPS) is 12.2. The van der Waals surface area contributed by atoms with E-state index < -0.39 is 0 Å². The van der Waals surface area contributed by atoms with Crippen molar-refractivity contribution in [2.75, 3.05) is 12.3 Å². The molecule has 2 aromatic heterocycles. The lowest BCUT2D eigenvalue weighted by atomic mass is 10.3. The van der Waals surface area contributed by atoms with Crippen molar-refractivity contribution in [1.29, 1.82) is 0 Å². The highest BCUT2D eigenvalue weighted by atomic mass is 32.2. The Kier molecular flexibility index (Phi) is 5.48. The maximum Gasteiger partial charge on any atom is 0.230 e. The number of pyridine rings is 1. The molecule has 1 amide bonds. The molecule has 0 aliphatic rings. The van der Waals surface area contributed by atoms with Crippen LogP contribution in [-0.4, -0.2) is 33.2 Å². The summed E-state index contributed by atoms with van der Waals surface area (Å²) in [6, 6.07) is 13.7. The number of para-hydroxylation sites is 2. The molecule has 1 aromatic carbocycles. The van der Waals surface area contributed by atoms with Crippen LogP contribution >= 0.6 is 11.8 Å². The van der Waals surface area contributed by atoms with Gasteiger partial charge in [0.1, 0.15) is 5.82 Å². The highest BCUT2D eigenvalue weighted by molar-refractivity contribution is 8.00. The Morgan fingerprint density at radius 2 is 2.08 bits per heavy atom. The molecule has 24 heavy (non-hydrogen) atoms. The van der Waals surface area contributed by atoms with Gasteiger partial charge >= 0.3 is 0 Å². The fraction of sp³-hybridized carbons (Fsp3) is 0.278. The van der Waals surface area contributed by atoms with Crippen molar-refractivity contribution in [2.24, 2.45) is 0 Å². The molecule has 0 radical (unpaired) electrons. The number of amides is 1. The van der Waals surface area contributed by atoms with Crippen LogP contribution < -0.4 is 5.32 Å². The average molecular weight is 340 g/mol. The molecular formula is C18H20N4OS. The predicted molar refractivity (Wildman–Crippen MR) is 97.9 cm³/mol. The first-order chi connectivity index (χ1) is 11.7. The smallest absolute Gasteiger partial charge is 0.230 e. The zero-order chi connectivity index (χ0) is 16.8. The van der Waals surface area contributed by atoms with Gasteiger partial charge < -0.3 is 10.3 Å². The summed E-state index contributed by atoms with van der Waals surface area (Å²) < 4.78 is 0. The van der Waals surface area contributed by atoms with Crippen LogP contribution in [0.1, 0.15) is 23.7 Å². The molecule has 0 saturated heterocycles. The monoisotopic (exact) mass is 340 g/mol. The molecule has 3 rings (SSSR count). The van der Waals surface area contributed by atoms with Gasteiger partial charge in [-0.1, -0.05) is 18.2 Å². The number of hydrogen-bond acceptors (Lipinski definition) is 4. The summed E-state index contributed by atoms with van der Waals surface area (Å²) in [6.45, 7) is 2.67. The van der Waals surface area contributed by atoms with Gasteiger partial charge in [0.2, 0.25) is 5.91 Å². The van der Waals surface area contributed by atoms with E-state index in [1.54, 1.807) is 18.0 Å². The summed E-state index contributed by atoms with van der Waals surface area (Å²) in [6.07, 6.45) is 2.51. The highest BCUT2D eigenvalue weighted by Crippen LogP contribution is 2.27. The molecule has 124 valence electrons. The number of aromatic nitrogens is 3. The van der Waals surface area contributed by atoms with Gasteiger partial charge in [0.25, 0.3) is 0 Å². The van der Waals surface area contributed by atoms with Crippen molar-refractivity contribution < 1.29 is 4.79 Å². The van der Waals surface area contributed by atoms with Crippen molar-refractivity contribution in [3.63, 3.8) is 0 Å². The number of fused-ring (bicyclic) bond motifs is 1. The minimum Gasteiger partial charge on any atom is -0.355 e. The second kappa shape index (κ2) is 7.97. The first-order valence-corrected chi connectivity index (χ1v) is 9.00. The first kappa shape index (κ1) is 16.5. The SMILES string of the molecule is CC(SCC(=O)NCCc1ccccn1)c1nc2ccccc2[nH]1. The Labute approximate surface area is 145 Å². The fourth-order valence-electron chi connectivity index (χ4n) is 2.37. The van der Waals surface area contributed by atoms with Crippen molar-refractivity contribution in [2.45, 2.75) is 18.6 Å². The molecule has 3 aromatic rings. The summed E-state index contributed by atoms with van der Waals surface area (Å²) in [5.41, 5.74) is 2.97. The number of nitrogens with zero attached hydrogens (tertiary/aromatic N) is 2. The molecular weight excluding hydrogens is 320 g/mol. The van der Waals surface area contributed by atoms with E-state index in [0.29, 0.717) is 12.3 Å². The lowest BCUT2D eigenvalue weighted by Gasteiger charge is -2.09. The van der Waals surface area contributed by atoms with Crippen molar-refractivity contribution in [3.8, 4) is 0 Å². The number of thioether (sulfide) groups is 1. The average Bonchev–Trinajstić information content (AvgIpc) is 3.05. The van der Waals surface area contributed by atoms with Gasteiger partial charge in [-0.3, -0.25) is 9.78 Å². The summed E-state index contributed by atoms with van der Waals surface area (Å²) in [4.78, 5) is 24.1. The van der Waals surface area contributed by atoms with E-state index in [-0.39, 0.29) is 11.2 Å². The number of rotatable bonds is 7. The molecule has 0 saturated carbocycles. The van der Waals surface area contributed by atoms with Gasteiger partial charge in [-0.2, -0.15) is 0 Å². The molecule has 0 fully saturated rings. The number of carbonyl (C=O) groups excluding carboxylic acids is 1. The van der Waals surface area contributed by atoms with Crippen LogP contribution in [0.2, 0.25) is 0 Å². The summed E-state index contributed by atoms with van der Waals surface area (Å²) in [5, 5.41) is 3.07. The second-order valence-electron chi connectivity index (χ2n) is 5.51. The molecule has 2 N–H and O–H groups in total. The summed E-state index contributed by atoms with van der Waals surface area (Å²) >= 11 is 1.58. The Bertz CT molecular complexity index is 770. The summed E-state index contributed by atoms with van der Waals surface area (Å²) in [5.74, 6) is 1.36. The molecule has 1 atom stereocenters. The predicted octanol–water partition coefficient (Wildman–Crippen LogP) is 3.11. The van der Waals surface area contributed by atoms with Gasteiger partial charge in [0.15, 0.2) is 0 Å². The standard InChI is InChI=1S/C18H20N4OS/c1-13(18-21-15-7-2-3-8-16(15)22-18)24-12-17(23)20-11-9-14-6-4-5-10-19-14/h2-8,10,13H,9,11-12H2,1H3,(H,20,23)(H,21,22). The largest absolute Gasteiger partial charge is 0.355 e. The van der Waals surface area contributed by atoms with Gasteiger partial charge in [0.05, 0.1) is 22.0 Å². The minimum atomic E-state index is 0.0406. The number of hydrogen-bond donors (Lipinski definition) is 2. The topological polar surface area (TPSA) is 70.7 Å². The lowest BCUT2D eigenvalue weighted by molar-refractivity contribution is -0.118. The van der Waals surface area contributed by atoms with Crippen LogP contribution in [-0.2, 0) is 11.2 Å². The fourth-order valence-corrected chi connectivity index (χ4v) is 3.14. The Morgan fingerprint density at radius 3 is 2.88 bits per heavy atom. The third-order valence-corrected chi connectivity index (χ3v) is 4.84. The van der Waals surface area contributed by atoms with E-state index >= 15 is 0 Å². The minimum absolute atomic E-state index is 0.0406. The number of H-pyrrole nitrogens is 1. The van der Waals surface area contributed by atoms with E-state index in [4.69, 9.17) is 0 Å². The molecule has 6 heteroatoms. The molecule has 0 aliphatic heterocycles. The lowest BCUT2D eigenvalue weighted by Crippen LogP contribution is -2.27. The molecule has 2 heterocycles. The molecule has 5 nitrogen and oxygen atoms in total. The number of imidazole rings is 1. The Hall–Kier alpha value is -2.34. The molecule has 0 aliphatic carbocycles. The maximum absolute atomic E-state index is 12.0. The molecule has 0 spiro atoms. The van der Waals surface area contributed by atoms with Crippen molar-refractivity contribution in [1.82, 2.24) is 20.3 Å². The van der Waals surface area contributed by atoms with Crippen LogP contribution in [0.3, 0.4) is 0 Å². The maximum atomic E-state index is 12.0. The number of carbonyl (C=O) groups is 1. The number of aromatic amines is 1. The molecule has 1 unspecified atom stereocenters. The van der Waals surface area contributed by atoms with Crippen molar-refractivity contribution in [3.05, 3.63) is 60.2 Å². The van der Waals surface area contributed by atoms with E-state index in [2.05, 4.69) is 27.2 Å². The van der Waals surface area contributed by atoms with Crippen LogP contribution in [0.25, 0.3) is 11.0 Å². The zero-order valence-corrected chi connectivity index (χ0v) is 14.3. The van der Waals surface area contributed by atoms with Crippen LogP contribution in [0, 0.1) is 0 Å². The van der Waals surface area contributed by atoms with Crippen molar-refractivity contribution >= 4 is 28.7 Å². The van der Waals surface area contributed by atoms with Crippen LogP contribution in [0.5, 0.6) is 0 Å². The molecule has 0 bridgehead atoms. The second-order valence-corrected chi connectivity index (χ2v) is 6.84. The number of nitrogens with one attached hydrogen (secondary N) is 2. The third kappa shape index (κ3) is 4.35. The Morgan fingerprint density at radius 1 is 1.25 bits per heavy atom. The van der Waals surface area contributed by atoms with E-state index in [0.717, 1.165) is 29.0 Å². The van der Waals surface area contributed by atoms with E-state index in [1.807, 2.05) is 42.5 Å². The summed E-state index contributed by atoms with van der Waals surface area (Å²) in [7, 11) is 0. The van der Waals surface area contributed by atoms with E-state index in [9.17, 15) is 4.79 Å². The Balaban J connectivity index is 1.43. The van der Waals surface area contributed by atoms with Gasteiger partial charge in [0, 0.05) is 24.9 Å². The zero-order valence-electron chi connectivity index (χ0n) is 13.5. The number of benzene rings is 1. The van der Waals surface area contributed by atoms with Gasteiger partial charge in [-0.05, 0) is 31.2 Å². The van der Waals surface area contributed by atoms with Crippen LogP contribution in [0.4, 0.5) is 0 Å².